The summed E-state index contributed by atoms with van der Waals surface area (Å²) >= 11 is 0. The molecular weight excluding hydrogens is 348 g/mol. The predicted octanol–water partition coefficient (Wildman–Crippen LogP) is -1.35. The maximum absolute atomic E-state index is 12.6. The number of ether oxygens (including phenoxy) is 2. The van der Waals surface area contributed by atoms with Gasteiger partial charge in [0.15, 0.2) is 5.78 Å². The number of aliphatic hydroxyl groups excluding tert-OH is 4. The van der Waals surface area contributed by atoms with Crippen LogP contribution in [0, 0.1) is 0 Å². The third kappa shape index (κ3) is 2.44. The van der Waals surface area contributed by atoms with Crippen molar-refractivity contribution in [3.63, 3.8) is 0 Å². The van der Waals surface area contributed by atoms with Crippen LogP contribution < -0.4 is 5.63 Å². The molecule has 4 rings (SSSR count). The van der Waals surface area contributed by atoms with Gasteiger partial charge in [0.25, 0.3) is 0 Å². The molecule has 0 saturated carbocycles. The smallest absolute Gasteiger partial charge is 0.342 e. The molecule has 2 aliphatic heterocycles. The van der Waals surface area contributed by atoms with E-state index in [2.05, 4.69) is 0 Å². The molecule has 9 nitrogen and oxygen atoms in total. The minimum absolute atomic E-state index is 0.0300. The summed E-state index contributed by atoms with van der Waals surface area (Å²) in [6.07, 6.45) is -4.35. The molecule has 1 aromatic rings. The molecule has 0 amide bonds. The fraction of sp³-hybridized carbons (Fsp3) is 0.412. The maximum atomic E-state index is 12.6. The number of Topliss-reactive ketones (excluding diaryl/α,β-unsaturated/α-hetero) is 1. The van der Waals surface area contributed by atoms with Gasteiger partial charge in [-0.1, -0.05) is 0 Å². The van der Waals surface area contributed by atoms with E-state index in [4.69, 9.17) is 13.9 Å². The van der Waals surface area contributed by atoms with E-state index in [1.54, 1.807) is 6.08 Å². The number of rotatable bonds is 2. The summed E-state index contributed by atoms with van der Waals surface area (Å²) in [6.45, 7) is -0.391. The fourth-order valence-electron chi connectivity index (χ4n) is 3.32. The van der Waals surface area contributed by atoms with Gasteiger partial charge >= 0.3 is 5.63 Å². The molecule has 4 N–H and O–H groups in total. The lowest BCUT2D eigenvalue weighted by atomic mass is 9.89. The molecule has 1 unspecified atom stereocenters. The van der Waals surface area contributed by atoms with Crippen LogP contribution in [0.5, 0.6) is 0 Å². The van der Waals surface area contributed by atoms with Gasteiger partial charge in [0.1, 0.15) is 48.6 Å². The second kappa shape index (κ2) is 6.15. The van der Waals surface area contributed by atoms with Crippen molar-refractivity contribution in [3.05, 3.63) is 50.8 Å². The molecule has 5 atom stereocenters. The van der Waals surface area contributed by atoms with Crippen molar-refractivity contribution in [3.8, 4) is 0 Å². The van der Waals surface area contributed by atoms with E-state index in [1.165, 1.54) is 12.1 Å². The van der Waals surface area contributed by atoms with Gasteiger partial charge in [-0.25, -0.2) is 4.79 Å². The molecule has 1 fully saturated rings. The van der Waals surface area contributed by atoms with Gasteiger partial charge in [0.05, 0.1) is 23.3 Å². The second-order valence-electron chi connectivity index (χ2n) is 6.28. The third-order valence-electron chi connectivity index (χ3n) is 4.75. The molecule has 26 heavy (non-hydrogen) atoms. The van der Waals surface area contributed by atoms with Gasteiger partial charge in [0.2, 0.25) is 0 Å². The van der Waals surface area contributed by atoms with Crippen molar-refractivity contribution in [1.82, 2.24) is 0 Å². The summed E-state index contributed by atoms with van der Waals surface area (Å²) in [5, 5.41) is 39.2. The maximum Gasteiger partial charge on any atom is 0.342 e. The Labute approximate surface area is 146 Å². The average molecular weight is 364 g/mol. The first-order valence-electron chi connectivity index (χ1n) is 8.00. The van der Waals surface area contributed by atoms with Crippen molar-refractivity contribution in [2.24, 2.45) is 0 Å². The van der Waals surface area contributed by atoms with Crippen molar-refractivity contribution in [1.29, 1.82) is 0 Å². The van der Waals surface area contributed by atoms with Crippen molar-refractivity contribution < 1.29 is 39.1 Å². The second-order valence-corrected chi connectivity index (χ2v) is 6.28. The SMILES string of the molecule is O=C1C2=CCOC2=Cc2oc(=O)c(C3O[C@H](CO)[C@@H](O)[C@H](O)[C@H]3O)cc21. The standard InChI is InChI=1S/C17H16O9/c18-5-11-13(20)14(21)15(22)16(25-11)8-3-7-10(26-17(8)23)4-9-6(12(7)19)1-2-24-9/h1,3-4,11,13-16,18,20-22H,2,5H2/t11-,13-,14+,15-,16?/m1/s1. The lowest BCUT2D eigenvalue weighted by molar-refractivity contribution is -0.232. The monoisotopic (exact) mass is 364 g/mol. The zero-order valence-corrected chi connectivity index (χ0v) is 13.4. The molecular formula is C17H16O9. The summed E-state index contributed by atoms with van der Waals surface area (Å²) in [6, 6.07) is 1.24. The van der Waals surface area contributed by atoms with Gasteiger partial charge < -0.3 is 34.3 Å². The fourth-order valence-corrected chi connectivity index (χ4v) is 3.32. The number of fused-ring (bicyclic) bond motifs is 2. The van der Waals surface area contributed by atoms with Crippen LogP contribution in [0.4, 0.5) is 0 Å². The Morgan fingerprint density at radius 1 is 1.12 bits per heavy atom. The summed E-state index contributed by atoms with van der Waals surface area (Å²) in [4.78, 5) is 24.9. The Kier molecular flexibility index (Phi) is 4.05. The Bertz CT molecular complexity index is 879. The molecule has 1 aliphatic carbocycles. The summed E-state index contributed by atoms with van der Waals surface area (Å²) < 4.78 is 15.8. The Balaban J connectivity index is 1.78. The van der Waals surface area contributed by atoms with E-state index in [9.17, 15) is 30.0 Å². The zero-order chi connectivity index (χ0) is 18.6. The number of hydrogen-bond acceptors (Lipinski definition) is 9. The van der Waals surface area contributed by atoms with Crippen LogP contribution in [0.3, 0.4) is 0 Å². The molecule has 1 saturated heterocycles. The first-order chi connectivity index (χ1) is 12.4. The number of ketones is 1. The lowest BCUT2D eigenvalue weighted by Crippen LogP contribution is -2.55. The average Bonchev–Trinajstić information content (AvgIpc) is 3.09. The molecule has 0 bridgehead atoms. The van der Waals surface area contributed by atoms with Crippen LogP contribution in [-0.2, 0) is 9.47 Å². The van der Waals surface area contributed by atoms with Gasteiger partial charge in [-0.3, -0.25) is 4.79 Å². The van der Waals surface area contributed by atoms with Crippen LogP contribution in [0.15, 0.2) is 32.7 Å². The van der Waals surface area contributed by atoms with Crippen molar-refractivity contribution in [2.45, 2.75) is 30.5 Å². The molecule has 9 heteroatoms. The van der Waals surface area contributed by atoms with E-state index in [0.29, 0.717) is 11.3 Å². The zero-order valence-electron chi connectivity index (χ0n) is 13.4. The van der Waals surface area contributed by atoms with Gasteiger partial charge in [-0.15, -0.1) is 0 Å². The van der Waals surface area contributed by atoms with E-state index < -0.39 is 48.5 Å². The highest BCUT2D eigenvalue weighted by Crippen LogP contribution is 2.35. The van der Waals surface area contributed by atoms with Crippen molar-refractivity contribution in [2.75, 3.05) is 13.2 Å². The minimum Gasteiger partial charge on any atom is -0.489 e. The molecule has 3 aliphatic rings. The van der Waals surface area contributed by atoms with Gasteiger partial charge in [-0.2, -0.15) is 0 Å². The summed E-state index contributed by atoms with van der Waals surface area (Å²) in [5.41, 5.74) is -0.614. The molecule has 0 radical (unpaired) electrons. The first-order valence-corrected chi connectivity index (χ1v) is 8.00. The lowest BCUT2D eigenvalue weighted by Gasteiger charge is -2.39. The van der Waals surface area contributed by atoms with E-state index in [-0.39, 0.29) is 23.5 Å². The molecule has 0 spiro atoms. The quantitative estimate of drug-likeness (QED) is 0.500. The highest BCUT2D eigenvalue weighted by molar-refractivity contribution is 6.15. The highest BCUT2D eigenvalue weighted by Gasteiger charge is 2.45. The number of hydrogen-bond donors (Lipinski definition) is 4. The Morgan fingerprint density at radius 3 is 2.62 bits per heavy atom. The molecule has 0 aromatic carbocycles. The third-order valence-corrected chi connectivity index (χ3v) is 4.75. The summed E-state index contributed by atoms with van der Waals surface area (Å²) in [5.74, 6) is -0.0433. The van der Waals surface area contributed by atoms with E-state index >= 15 is 0 Å². The van der Waals surface area contributed by atoms with Crippen LogP contribution in [0.1, 0.15) is 27.8 Å². The number of aliphatic hydroxyl groups is 4. The van der Waals surface area contributed by atoms with E-state index in [1.807, 2.05) is 0 Å². The van der Waals surface area contributed by atoms with Gasteiger partial charge in [0, 0.05) is 6.08 Å². The normalized spacial score (nSPS) is 33.1. The van der Waals surface area contributed by atoms with Crippen LogP contribution >= 0.6 is 0 Å². The Morgan fingerprint density at radius 2 is 1.88 bits per heavy atom. The number of carbonyl (C=O) groups excluding carboxylic acids is 1. The molecule has 3 heterocycles. The van der Waals surface area contributed by atoms with E-state index in [0.717, 1.165) is 0 Å². The number of allylic oxidation sites excluding steroid dienone is 1. The van der Waals surface area contributed by atoms with Gasteiger partial charge in [-0.05, 0) is 12.1 Å². The Hall–Kier alpha value is -2.30. The van der Waals surface area contributed by atoms with Crippen LogP contribution in [0.25, 0.3) is 6.08 Å². The van der Waals surface area contributed by atoms with Crippen LogP contribution in [0.2, 0.25) is 0 Å². The summed E-state index contributed by atoms with van der Waals surface area (Å²) in [7, 11) is 0. The minimum atomic E-state index is -1.65. The number of carbonyl (C=O) groups is 1. The van der Waals surface area contributed by atoms with Crippen LogP contribution in [-0.4, -0.2) is 63.8 Å². The topological polar surface area (TPSA) is 147 Å². The highest BCUT2D eigenvalue weighted by atomic mass is 16.5. The molecule has 138 valence electrons. The first kappa shape index (κ1) is 17.1. The van der Waals surface area contributed by atoms with Crippen molar-refractivity contribution >= 4 is 11.9 Å². The molecule has 1 aromatic heterocycles. The predicted molar refractivity (Wildman–Crippen MR) is 84.0 cm³/mol. The largest absolute Gasteiger partial charge is 0.489 e.